The Kier molecular flexibility index (Phi) is 5.59. The van der Waals surface area contributed by atoms with Crippen LogP contribution >= 0.6 is 34.2 Å². The van der Waals surface area contributed by atoms with Crippen LogP contribution in [0.4, 0.5) is 5.69 Å². The fourth-order valence-electron chi connectivity index (χ4n) is 3.11. The van der Waals surface area contributed by atoms with Crippen molar-refractivity contribution in [2.45, 2.75) is 26.2 Å². The Morgan fingerprint density at radius 1 is 1.03 bits per heavy atom. The summed E-state index contributed by atoms with van der Waals surface area (Å²) in [5.74, 6) is 0.286. The first-order chi connectivity index (χ1) is 14.2. The average Bonchev–Trinajstić information content (AvgIpc) is 3.12. The molecule has 0 unspecified atom stereocenters. The van der Waals surface area contributed by atoms with Crippen LogP contribution in [0.15, 0.2) is 65.1 Å². The molecule has 0 atom stereocenters. The van der Waals surface area contributed by atoms with Crippen LogP contribution in [-0.4, -0.2) is 10.9 Å². The third-order valence-electron chi connectivity index (χ3n) is 4.82. The molecule has 1 aromatic heterocycles. The standard InChI is InChI=1S/C24H20ClIN2O2/c1-24(2,3)15-6-4-14(5-7-15)23-28-20-13-17(9-11-21(20)30-23)27-22(29)18-12-16(26)8-10-19(18)25/h4-13H,1-3H3,(H,27,29). The minimum atomic E-state index is -0.264. The van der Waals surface area contributed by atoms with Gasteiger partial charge in [-0.3, -0.25) is 4.79 Å². The fourth-order valence-corrected chi connectivity index (χ4v) is 3.81. The van der Waals surface area contributed by atoms with Gasteiger partial charge in [0.25, 0.3) is 5.91 Å². The highest BCUT2D eigenvalue weighted by molar-refractivity contribution is 14.1. The van der Waals surface area contributed by atoms with Gasteiger partial charge in [0.1, 0.15) is 5.52 Å². The largest absolute Gasteiger partial charge is 0.436 e. The number of fused-ring (bicyclic) bond motifs is 1. The first kappa shape index (κ1) is 20.9. The van der Waals surface area contributed by atoms with Crippen molar-refractivity contribution in [3.63, 3.8) is 0 Å². The maximum absolute atomic E-state index is 12.6. The summed E-state index contributed by atoms with van der Waals surface area (Å²) in [4.78, 5) is 17.2. The summed E-state index contributed by atoms with van der Waals surface area (Å²) in [6.45, 7) is 6.54. The molecular formula is C24H20ClIN2O2. The molecule has 0 saturated carbocycles. The number of hydrogen-bond acceptors (Lipinski definition) is 3. The minimum absolute atomic E-state index is 0.0899. The van der Waals surface area contributed by atoms with E-state index in [-0.39, 0.29) is 11.3 Å². The lowest BCUT2D eigenvalue weighted by atomic mass is 9.87. The van der Waals surface area contributed by atoms with Gasteiger partial charge in [-0.1, -0.05) is 44.5 Å². The van der Waals surface area contributed by atoms with Crippen molar-refractivity contribution in [3.05, 3.63) is 80.4 Å². The Morgan fingerprint density at radius 2 is 1.77 bits per heavy atom. The van der Waals surface area contributed by atoms with Gasteiger partial charge in [-0.2, -0.15) is 0 Å². The van der Waals surface area contributed by atoms with Crippen LogP contribution in [0.25, 0.3) is 22.6 Å². The summed E-state index contributed by atoms with van der Waals surface area (Å²) in [6, 6.07) is 19.0. The highest BCUT2D eigenvalue weighted by Gasteiger charge is 2.16. The number of hydrogen-bond donors (Lipinski definition) is 1. The van der Waals surface area contributed by atoms with Crippen molar-refractivity contribution in [2.24, 2.45) is 0 Å². The van der Waals surface area contributed by atoms with E-state index < -0.39 is 0 Å². The highest BCUT2D eigenvalue weighted by atomic mass is 127. The number of benzene rings is 3. The number of carbonyl (C=O) groups excluding carboxylic acids is 1. The van der Waals surface area contributed by atoms with E-state index >= 15 is 0 Å². The van der Waals surface area contributed by atoms with Crippen molar-refractivity contribution in [1.82, 2.24) is 4.98 Å². The van der Waals surface area contributed by atoms with Crippen LogP contribution < -0.4 is 5.32 Å². The summed E-state index contributed by atoms with van der Waals surface area (Å²) in [5.41, 5.74) is 4.66. The Hall–Kier alpha value is -2.38. The number of oxazole rings is 1. The molecule has 1 N–H and O–H groups in total. The van der Waals surface area contributed by atoms with Gasteiger partial charge < -0.3 is 9.73 Å². The summed E-state index contributed by atoms with van der Waals surface area (Å²) in [6.07, 6.45) is 0. The van der Waals surface area contributed by atoms with Gasteiger partial charge >= 0.3 is 0 Å². The first-order valence-corrected chi connectivity index (χ1v) is 10.9. The highest BCUT2D eigenvalue weighted by Crippen LogP contribution is 2.29. The Balaban J connectivity index is 1.59. The Morgan fingerprint density at radius 3 is 2.47 bits per heavy atom. The van der Waals surface area contributed by atoms with Gasteiger partial charge in [0.05, 0.1) is 10.6 Å². The lowest BCUT2D eigenvalue weighted by Gasteiger charge is -2.18. The average molecular weight is 531 g/mol. The van der Waals surface area contributed by atoms with Gasteiger partial charge in [0.2, 0.25) is 5.89 Å². The predicted molar refractivity (Wildman–Crippen MR) is 130 cm³/mol. The normalized spacial score (nSPS) is 11.6. The topological polar surface area (TPSA) is 55.1 Å². The lowest BCUT2D eigenvalue weighted by Crippen LogP contribution is -2.12. The molecule has 3 aromatic carbocycles. The SMILES string of the molecule is CC(C)(C)c1ccc(-c2nc3cc(NC(=O)c4cc(I)ccc4Cl)ccc3o2)cc1. The molecule has 0 saturated heterocycles. The van der Waals surface area contributed by atoms with E-state index in [4.69, 9.17) is 16.0 Å². The van der Waals surface area contributed by atoms with E-state index in [0.717, 1.165) is 9.13 Å². The maximum Gasteiger partial charge on any atom is 0.257 e. The van der Waals surface area contributed by atoms with Crippen LogP contribution in [0.3, 0.4) is 0 Å². The predicted octanol–water partition coefficient (Wildman–Crippen LogP) is 7.30. The van der Waals surface area contributed by atoms with Gasteiger partial charge in [0, 0.05) is 14.8 Å². The number of anilines is 1. The van der Waals surface area contributed by atoms with Gasteiger partial charge in [-0.15, -0.1) is 0 Å². The van der Waals surface area contributed by atoms with E-state index in [2.05, 4.69) is 65.8 Å². The second kappa shape index (κ2) is 8.04. The molecule has 30 heavy (non-hydrogen) atoms. The molecule has 4 nitrogen and oxygen atoms in total. The molecule has 1 amide bonds. The monoisotopic (exact) mass is 530 g/mol. The summed E-state index contributed by atoms with van der Waals surface area (Å²) >= 11 is 8.32. The number of aromatic nitrogens is 1. The second-order valence-electron chi connectivity index (χ2n) is 8.11. The number of halogens is 2. The molecule has 0 bridgehead atoms. The van der Waals surface area contributed by atoms with Crippen molar-refractivity contribution < 1.29 is 9.21 Å². The zero-order valence-electron chi connectivity index (χ0n) is 16.8. The second-order valence-corrected chi connectivity index (χ2v) is 9.76. The zero-order chi connectivity index (χ0) is 21.5. The Bertz CT molecular complexity index is 1240. The van der Waals surface area contributed by atoms with Gasteiger partial charge in [0.15, 0.2) is 5.58 Å². The quantitative estimate of drug-likeness (QED) is 0.283. The van der Waals surface area contributed by atoms with Crippen LogP contribution in [-0.2, 0) is 5.41 Å². The molecule has 0 aliphatic carbocycles. The molecular weight excluding hydrogens is 511 g/mol. The zero-order valence-corrected chi connectivity index (χ0v) is 19.7. The molecule has 152 valence electrons. The molecule has 0 spiro atoms. The molecule has 0 aliphatic rings. The fraction of sp³-hybridized carbons (Fsp3) is 0.167. The number of carbonyl (C=O) groups is 1. The first-order valence-electron chi connectivity index (χ1n) is 9.48. The molecule has 6 heteroatoms. The van der Waals surface area contributed by atoms with E-state index in [1.807, 2.05) is 18.2 Å². The van der Waals surface area contributed by atoms with Crippen LogP contribution in [0.1, 0.15) is 36.7 Å². The van der Waals surface area contributed by atoms with Crippen LogP contribution in [0, 0.1) is 3.57 Å². The minimum Gasteiger partial charge on any atom is -0.436 e. The molecule has 4 aromatic rings. The van der Waals surface area contributed by atoms with E-state index in [1.165, 1.54) is 5.56 Å². The summed E-state index contributed by atoms with van der Waals surface area (Å²) in [7, 11) is 0. The van der Waals surface area contributed by atoms with Crippen molar-refractivity contribution >= 4 is 56.9 Å². The van der Waals surface area contributed by atoms with Crippen LogP contribution in [0.2, 0.25) is 5.02 Å². The summed E-state index contributed by atoms with van der Waals surface area (Å²) < 4.78 is 6.85. The molecule has 0 aliphatic heterocycles. The van der Waals surface area contributed by atoms with Crippen molar-refractivity contribution in [1.29, 1.82) is 0 Å². The summed E-state index contributed by atoms with van der Waals surface area (Å²) in [5, 5.41) is 3.30. The molecule has 0 fully saturated rings. The number of rotatable bonds is 3. The molecule has 4 rings (SSSR count). The third-order valence-corrected chi connectivity index (χ3v) is 5.82. The smallest absolute Gasteiger partial charge is 0.257 e. The number of nitrogens with zero attached hydrogens (tertiary/aromatic N) is 1. The number of nitrogens with one attached hydrogen (secondary N) is 1. The van der Waals surface area contributed by atoms with Gasteiger partial charge in [-0.05, 0) is 82.1 Å². The van der Waals surface area contributed by atoms with E-state index in [9.17, 15) is 4.79 Å². The lowest BCUT2D eigenvalue weighted by molar-refractivity contribution is 0.102. The maximum atomic E-state index is 12.6. The number of amides is 1. The van der Waals surface area contributed by atoms with E-state index in [0.29, 0.717) is 33.3 Å². The van der Waals surface area contributed by atoms with E-state index in [1.54, 1.807) is 30.3 Å². The van der Waals surface area contributed by atoms with Crippen molar-refractivity contribution in [2.75, 3.05) is 5.32 Å². The Labute approximate surface area is 193 Å². The molecule has 1 heterocycles. The van der Waals surface area contributed by atoms with Crippen molar-refractivity contribution in [3.8, 4) is 11.5 Å². The van der Waals surface area contributed by atoms with Crippen LogP contribution in [0.5, 0.6) is 0 Å². The van der Waals surface area contributed by atoms with Gasteiger partial charge in [-0.25, -0.2) is 4.98 Å². The molecule has 0 radical (unpaired) electrons. The third kappa shape index (κ3) is 4.37.